The van der Waals surface area contributed by atoms with Crippen LogP contribution in [0.15, 0.2) is 108 Å². The molecule has 34 heavy (non-hydrogen) atoms. The Hall–Kier alpha value is -3.45. The Labute approximate surface area is 204 Å². The summed E-state index contributed by atoms with van der Waals surface area (Å²) in [5, 5.41) is 5.79. The van der Waals surface area contributed by atoms with Crippen molar-refractivity contribution in [3.8, 4) is 11.1 Å². The molecule has 7 heteroatoms. The normalized spacial score (nSPS) is 11.2. The minimum atomic E-state index is -3.86. The molecule has 0 unspecified atom stereocenters. The van der Waals surface area contributed by atoms with E-state index in [1.54, 1.807) is 47.4 Å². The zero-order valence-corrected chi connectivity index (χ0v) is 19.8. The van der Waals surface area contributed by atoms with Gasteiger partial charge in [0.15, 0.2) is 0 Å². The summed E-state index contributed by atoms with van der Waals surface area (Å²) in [7, 11) is -3.86. The quantitative estimate of drug-likeness (QED) is 0.371. The van der Waals surface area contributed by atoms with Gasteiger partial charge in [0.2, 0.25) is 10.0 Å². The molecular formula is C27H23ClN2O3S. The average Bonchev–Trinajstić information content (AvgIpc) is 2.84. The van der Waals surface area contributed by atoms with Gasteiger partial charge in [0, 0.05) is 18.7 Å². The highest BCUT2D eigenvalue weighted by Crippen LogP contribution is 2.27. The second-order valence-corrected chi connectivity index (χ2v) is 9.80. The Morgan fingerprint density at radius 2 is 1.29 bits per heavy atom. The van der Waals surface area contributed by atoms with Crippen molar-refractivity contribution in [3.63, 3.8) is 0 Å². The summed E-state index contributed by atoms with van der Waals surface area (Å²) < 4.78 is 23.9. The van der Waals surface area contributed by atoms with Gasteiger partial charge in [0.25, 0.3) is 5.91 Å². The highest BCUT2D eigenvalue weighted by atomic mass is 35.5. The molecule has 4 rings (SSSR count). The van der Waals surface area contributed by atoms with Gasteiger partial charge >= 0.3 is 0 Å². The third-order valence-electron chi connectivity index (χ3n) is 5.44. The van der Waals surface area contributed by atoms with Gasteiger partial charge in [-0.15, -0.1) is 0 Å². The van der Waals surface area contributed by atoms with Gasteiger partial charge in [-0.25, -0.2) is 13.6 Å². The van der Waals surface area contributed by atoms with Crippen LogP contribution in [0.1, 0.15) is 21.5 Å². The number of hydrogen-bond acceptors (Lipinski definition) is 3. The molecule has 0 aliphatic heterocycles. The van der Waals surface area contributed by atoms with Crippen molar-refractivity contribution >= 4 is 27.5 Å². The van der Waals surface area contributed by atoms with Crippen LogP contribution in [0, 0.1) is 0 Å². The number of benzene rings is 4. The number of carbonyl (C=O) groups excluding carboxylic acids is 1. The van der Waals surface area contributed by atoms with Gasteiger partial charge in [-0.3, -0.25) is 4.79 Å². The predicted molar refractivity (Wildman–Crippen MR) is 135 cm³/mol. The molecule has 1 amide bonds. The van der Waals surface area contributed by atoms with Gasteiger partial charge < -0.3 is 4.90 Å². The van der Waals surface area contributed by atoms with E-state index < -0.39 is 10.0 Å². The summed E-state index contributed by atoms with van der Waals surface area (Å²) in [6, 6.07) is 30.8. The number of primary sulfonamides is 1. The van der Waals surface area contributed by atoms with E-state index in [0.29, 0.717) is 29.2 Å². The lowest BCUT2D eigenvalue weighted by Gasteiger charge is -2.24. The van der Waals surface area contributed by atoms with Crippen LogP contribution in [0.3, 0.4) is 0 Å². The van der Waals surface area contributed by atoms with Crippen LogP contribution in [0.25, 0.3) is 11.1 Å². The molecular weight excluding hydrogens is 468 g/mol. The molecule has 5 nitrogen and oxygen atoms in total. The standard InChI is InChI=1S/C27H23ClN2O3S/c28-25-12-6-4-11-24(25)27(31)30(18-20-8-2-1-3-9-20)19-21-14-16-22(17-15-21)23-10-5-7-13-26(23)34(29,32)33/h1-17H,18-19H2,(H2,29,32,33). The van der Waals surface area contributed by atoms with E-state index >= 15 is 0 Å². The number of nitrogens with zero attached hydrogens (tertiary/aromatic N) is 1. The maximum Gasteiger partial charge on any atom is 0.255 e. The predicted octanol–water partition coefficient (Wildman–Crippen LogP) is 5.50. The lowest BCUT2D eigenvalue weighted by Crippen LogP contribution is -2.30. The fourth-order valence-electron chi connectivity index (χ4n) is 3.77. The lowest BCUT2D eigenvalue weighted by atomic mass is 10.0. The molecule has 0 fully saturated rings. The first-order valence-electron chi connectivity index (χ1n) is 10.6. The Balaban J connectivity index is 1.63. The molecule has 0 radical (unpaired) electrons. The Morgan fingerprint density at radius 1 is 0.735 bits per heavy atom. The van der Waals surface area contributed by atoms with Crippen molar-refractivity contribution in [1.82, 2.24) is 4.90 Å². The molecule has 0 saturated carbocycles. The number of halogens is 1. The van der Waals surface area contributed by atoms with Gasteiger partial charge in [-0.1, -0.05) is 96.5 Å². The number of nitrogens with two attached hydrogens (primary N) is 1. The summed E-state index contributed by atoms with van der Waals surface area (Å²) in [5.74, 6) is -0.168. The number of amides is 1. The molecule has 172 valence electrons. The summed E-state index contributed by atoms with van der Waals surface area (Å²) in [6.07, 6.45) is 0. The molecule has 0 heterocycles. The maximum atomic E-state index is 13.4. The highest BCUT2D eigenvalue weighted by Gasteiger charge is 2.20. The number of carbonyl (C=O) groups is 1. The topological polar surface area (TPSA) is 80.5 Å². The molecule has 0 saturated heterocycles. The van der Waals surface area contributed by atoms with Crippen molar-refractivity contribution in [2.45, 2.75) is 18.0 Å². The molecule has 0 aromatic heterocycles. The monoisotopic (exact) mass is 490 g/mol. The van der Waals surface area contributed by atoms with E-state index in [1.807, 2.05) is 54.6 Å². The van der Waals surface area contributed by atoms with Gasteiger partial charge in [0.05, 0.1) is 15.5 Å². The van der Waals surface area contributed by atoms with Crippen LogP contribution >= 0.6 is 11.6 Å². The minimum Gasteiger partial charge on any atom is -0.330 e. The molecule has 0 bridgehead atoms. The van der Waals surface area contributed by atoms with Gasteiger partial charge in [-0.2, -0.15) is 0 Å². The van der Waals surface area contributed by atoms with Crippen molar-refractivity contribution < 1.29 is 13.2 Å². The fraction of sp³-hybridized carbons (Fsp3) is 0.0741. The van der Waals surface area contributed by atoms with Crippen molar-refractivity contribution in [1.29, 1.82) is 0 Å². The van der Waals surface area contributed by atoms with Crippen molar-refractivity contribution in [2.24, 2.45) is 5.14 Å². The summed E-state index contributed by atoms with van der Waals surface area (Å²) >= 11 is 6.30. The minimum absolute atomic E-state index is 0.0716. The second kappa shape index (κ2) is 10.2. The second-order valence-electron chi connectivity index (χ2n) is 7.86. The van der Waals surface area contributed by atoms with Gasteiger partial charge in [0.1, 0.15) is 0 Å². The number of rotatable bonds is 7. The third-order valence-corrected chi connectivity index (χ3v) is 6.74. The molecule has 4 aromatic rings. The van der Waals surface area contributed by atoms with Crippen LogP contribution < -0.4 is 5.14 Å². The molecule has 0 atom stereocenters. The molecule has 2 N–H and O–H groups in total. The van der Waals surface area contributed by atoms with Gasteiger partial charge in [-0.05, 0) is 34.9 Å². The number of sulfonamides is 1. The third kappa shape index (κ3) is 5.54. The maximum absolute atomic E-state index is 13.4. The average molecular weight is 491 g/mol. The molecule has 0 spiro atoms. The van der Waals surface area contributed by atoms with Crippen LogP contribution in [0.4, 0.5) is 0 Å². The Morgan fingerprint density at radius 3 is 1.94 bits per heavy atom. The lowest BCUT2D eigenvalue weighted by molar-refractivity contribution is 0.0730. The highest BCUT2D eigenvalue weighted by molar-refractivity contribution is 7.89. The van der Waals surface area contributed by atoms with E-state index in [1.165, 1.54) is 6.07 Å². The SMILES string of the molecule is NS(=O)(=O)c1ccccc1-c1ccc(CN(Cc2ccccc2)C(=O)c2ccccc2Cl)cc1. The number of hydrogen-bond donors (Lipinski definition) is 1. The smallest absolute Gasteiger partial charge is 0.255 e. The fourth-order valence-corrected chi connectivity index (χ4v) is 4.75. The first kappa shape index (κ1) is 23.7. The van der Waals surface area contributed by atoms with E-state index in [0.717, 1.165) is 16.7 Å². The largest absolute Gasteiger partial charge is 0.330 e. The van der Waals surface area contributed by atoms with Crippen LogP contribution in [0.2, 0.25) is 5.02 Å². The van der Waals surface area contributed by atoms with Crippen LogP contribution in [0.5, 0.6) is 0 Å². The molecule has 0 aliphatic carbocycles. The van der Waals surface area contributed by atoms with E-state index in [4.69, 9.17) is 16.7 Å². The zero-order valence-electron chi connectivity index (χ0n) is 18.3. The summed E-state index contributed by atoms with van der Waals surface area (Å²) in [4.78, 5) is 15.2. The van der Waals surface area contributed by atoms with E-state index in [9.17, 15) is 13.2 Å². The zero-order chi connectivity index (χ0) is 24.1. The van der Waals surface area contributed by atoms with E-state index in [2.05, 4.69) is 0 Å². The van der Waals surface area contributed by atoms with Crippen molar-refractivity contribution in [2.75, 3.05) is 0 Å². The first-order chi connectivity index (χ1) is 16.3. The Kier molecular flexibility index (Phi) is 7.12. The van der Waals surface area contributed by atoms with Crippen LogP contribution in [-0.4, -0.2) is 19.2 Å². The summed E-state index contributed by atoms with van der Waals surface area (Å²) in [6.45, 7) is 0.775. The Bertz CT molecular complexity index is 1410. The van der Waals surface area contributed by atoms with E-state index in [-0.39, 0.29) is 10.8 Å². The van der Waals surface area contributed by atoms with Crippen molar-refractivity contribution in [3.05, 3.63) is 125 Å². The molecule has 4 aromatic carbocycles. The first-order valence-corrected chi connectivity index (χ1v) is 12.5. The van der Waals surface area contributed by atoms with Crippen LogP contribution in [-0.2, 0) is 23.1 Å². The molecule has 0 aliphatic rings. The summed E-state index contributed by atoms with van der Waals surface area (Å²) in [5.41, 5.74) is 3.60.